The van der Waals surface area contributed by atoms with E-state index in [-0.39, 0.29) is 35.2 Å². The van der Waals surface area contributed by atoms with Gasteiger partial charge in [-0.3, -0.25) is 0 Å². The SMILES string of the molecule is C1CCNC1.Oc1cc(O)c2c(c1)O[C@H](c1ccc(O)c(O)c1)[C@@H](O)C2. The van der Waals surface area contributed by atoms with E-state index < -0.39 is 12.2 Å². The minimum absolute atomic E-state index is 0.143. The molecular formula is C19H23NO6. The summed E-state index contributed by atoms with van der Waals surface area (Å²) in [5.41, 5.74) is 0.894. The Balaban J connectivity index is 0.000000339. The first-order valence-corrected chi connectivity index (χ1v) is 8.58. The molecule has 1 fully saturated rings. The van der Waals surface area contributed by atoms with E-state index in [0.29, 0.717) is 11.1 Å². The first-order valence-electron chi connectivity index (χ1n) is 8.58. The number of aliphatic hydroxyl groups excluding tert-OH is 1. The van der Waals surface area contributed by atoms with Gasteiger partial charge in [0, 0.05) is 24.1 Å². The first kappa shape index (κ1) is 18.2. The van der Waals surface area contributed by atoms with E-state index in [4.69, 9.17) is 4.74 Å². The van der Waals surface area contributed by atoms with E-state index in [1.165, 1.54) is 56.3 Å². The Labute approximate surface area is 151 Å². The van der Waals surface area contributed by atoms with Crippen molar-refractivity contribution in [3.8, 4) is 28.7 Å². The van der Waals surface area contributed by atoms with Gasteiger partial charge < -0.3 is 35.6 Å². The molecule has 140 valence electrons. The summed E-state index contributed by atoms with van der Waals surface area (Å²) in [4.78, 5) is 0. The number of phenolic OH excluding ortho intramolecular Hbond substituents is 4. The third kappa shape index (κ3) is 3.95. The molecule has 0 aliphatic carbocycles. The molecule has 2 aromatic rings. The maximum Gasteiger partial charge on any atom is 0.157 e. The van der Waals surface area contributed by atoms with Crippen LogP contribution in [0.5, 0.6) is 28.7 Å². The van der Waals surface area contributed by atoms with Crippen LogP contribution in [0.4, 0.5) is 0 Å². The van der Waals surface area contributed by atoms with E-state index in [2.05, 4.69) is 5.32 Å². The average molecular weight is 361 g/mol. The summed E-state index contributed by atoms with van der Waals surface area (Å²) >= 11 is 0. The lowest BCUT2D eigenvalue weighted by Crippen LogP contribution is -2.30. The number of rotatable bonds is 1. The predicted octanol–water partition coefficient (Wildman–Crippen LogP) is 1.92. The molecule has 0 aromatic heterocycles. The molecule has 4 rings (SSSR count). The summed E-state index contributed by atoms with van der Waals surface area (Å²) in [7, 11) is 0. The molecule has 0 radical (unpaired) electrons. The fraction of sp³-hybridized carbons (Fsp3) is 0.368. The van der Waals surface area contributed by atoms with Crippen molar-refractivity contribution in [1.82, 2.24) is 5.32 Å². The largest absolute Gasteiger partial charge is 0.508 e. The van der Waals surface area contributed by atoms with Gasteiger partial charge in [0.25, 0.3) is 0 Å². The highest BCUT2D eigenvalue weighted by Crippen LogP contribution is 2.42. The van der Waals surface area contributed by atoms with Crippen molar-refractivity contribution < 1.29 is 30.3 Å². The Morgan fingerprint density at radius 2 is 1.62 bits per heavy atom. The quantitative estimate of drug-likeness (QED) is 0.429. The molecule has 2 aromatic carbocycles. The van der Waals surface area contributed by atoms with Gasteiger partial charge in [0.05, 0.1) is 6.10 Å². The van der Waals surface area contributed by atoms with Crippen molar-refractivity contribution in [2.75, 3.05) is 13.1 Å². The Hall–Kier alpha value is -2.64. The summed E-state index contributed by atoms with van der Waals surface area (Å²) in [6, 6.07) is 6.67. The van der Waals surface area contributed by atoms with Gasteiger partial charge in [-0.15, -0.1) is 0 Å². The van der Waals surface area contributed by atoms with Crippen molar-refractivity contribution in [2.45, 2.75) is 31.5 Å². The number of ether oxygens (including phenoxy) is 1. The zero-order chi connectivity index (χ0) is 18.7. The standard InChI is InChI=1S/C15H14O6.C4H9N/c16-8-4-11(18)9-6-13(20)15(21-14(9)5-8)7-1-2-10(17)12(19)3-7;1-2-4-5-3-1/h1-5,13,15-20H,6H2;5H,1-4H2/t13-,15+;/m0./s1. The van der Waals surface area contributed by atoms with Crippen LogP contribution in [0.3, 0.4) is 0 Å². The number of benzene rings is 2. The van der Waals surface area contributed by atoms with Gasteiger partial charge >= 0.3 is 0 Å². The van der Waals surface area contributed by atoms with E-state index in [0.717, 1.165) is 0 Å². The van der Waals surface area contributed by atoms with E-state index in [9.17, 15) is 25.5 Å². The Bertz CT molecular complexity index is 767. The number of phenols is 4. The highest BCUT2D eigenvalue weighted by atomic mass is 16.5. The minimum atomic E-state index is -0.933. The molecule has 0 amide bonds. The molecule has 0 bridgehead atoms. The zero-order valence-electron chi connectivity index (χ0n) is 14.2. The Kier molecular flexibility index (Phi) is 5.39. The second-order valence-corrected chi connectivity index (χ2v) is 6.46. The van der Waals surface area contributed by atoms with Crippen LogP contribution in [-0.4, -0.2) is 44.7 Å². The molecule has 0 unspecified atom stereocenters. The molecule has 2 aliphatic heterocycles. The first-order chi connectivity index (χ1) is 12.5. The Morgan fingerprint density at radius 1 is 0.885 bits per heavy atom. The van der Waals surface area contributed by atoms with Gasteiger partial charge in [0.2, 0.25) is 0 Å². The van der Waals surface area contributed by atoms with Crippen molar-refractivity contribution in [1.29, 1.82) is 0 Å². The Morgan fingerprint density at radius 3 is 2.23 bits per heavy atom. The number of aliphatic hydroxyl groups is 1. The highest BCUT2D eigenvalue weighted by Gasteiger charge is 2.32. The number of hydrogen-bond donors (Lipinski definition) is 6. The summed E-state index contributed by atoms with van der Waals surface area (Å²) < 4.78 is 5.62. The van der Waals surface area contributed by atoms with E-state index in [1.54, 1.807) is 0 Å². The molecule has 0 spiro atoms. The number of hydrogen-bond acceptors (Lipinski definition) is 7. The van der Waals surface area contributed by atoms with Crippen LogP contribution in [0.1, 0.15) is 30.1 Å². The summed E-state index contributed by atoms with van der Waals surface area (Å²) in [6.07, 6.45) is 1.22. The number of aromatic hydroxyl groups is 4. The fourth-order valence-corrected chi connectivity index (χ4v) is 3.09. The molecule has 0 saturated carbocycles. The second kappa shape index (κ2) is 7.72. The van der Waals surface area contributed by atoms with Gasteiger partial charge in [-0.25, -0.2) is 0 Å². The molecule has 1 saturated heterocycles. The molecule has 2 aliphatic rings. The van der Waals surface area contributed by atoms with Crippen molar-refractivity contribution in [3.63, 3.8) is 0 Å². The highest BCUT2D eigenvalue weighted by molar-refractivity contribution is 5.52. The van der Waals surface area contributed by atoms with Gasteiger partial charge in [-0.1, -0.05) is 6.07 Å². The topological polar surface area (TPSA) is 122 Å². The summed E-state index contributed by atoms with van der Waals surface area (Å²) in [6.45, 7) is 2.50. The summed E-state index contributed by atoms with van der Waals surface area (Å²) in [5.74, 6) is -0.589. The molecular weight excluding hydrogens is 338 g/mol. The second-order valence-electron chi connectivity index (χ2n) is 6.46. The van der Waals surface area contributed by atoms with Crippen molar-refractivity contribution in [3.05, 3.63) is 41.5 Å². The lowest BCUT2D eigenvalue weighted by molar-refractivity contribution is 0.0197. The number of nitrogens with one attached hydrogen (secondary N) is 1. The van der Waals surface area contributed by atoms with Crippen LogP contribution in [0.25, 0.3) is 0 Å². The maximum atomic E-state index is 10.2. The molecule has 6 N–H and O–H groups in total. The fourth-order valence-electron chi connectivity index (χ4n) is 3.09. The van der Waals surface area contributed by atoms with Gasteiger partial charge in [-0.05, 0) is 43.6 Å². The smallest absolute Gasteiger partial charge is 0.157 e. The van der Waals surface area contributed by atoms with E-state index >= 15 is 0 Å². The van der Waals surface area contributed by atoms with Gasteiger partial charge in [-0.2, -0.15) is 0 Å². The zero-order valence-corrected chi connectivity index (χ0v) is 14.2. The third-order valence-electron chi connectivity index (χ3n) is 4.47. The lowest BCUT2D eigenvalue weighted by Gasteiger charge is -2.31. The molecule has 7 nitrogen and oxygen atoms in total. The third-order valence-corrected chi connectivity index (χ3v) is 4.47. The van der Waals surface area contributed by atoms with Crippen molar-refractivity contribution in [2.24, 2.45) is 0 Å². The molecule has 26 heavy (non-hydrogen) atoms. The monoisotopic (exact) mass is 361 g/mol. The van der Waals surface area contributed by atoms with Crippen LogP contribution in [-0.2, 0) is 6.42 Å². The van der Waals surface area contributed by atoms with E-state index in [1.807, 2.05) is 0 Å². The predicted molar refractivity (Wildman–Crippen MR) is 94.7 cm³/mol. The van der Waals surface area contributed by atoms with Crippen LogP contribution in [0.15, 0.2) is 30.3 Å². The molecule has 7 heteroatoms. The number of fused-ring (bicyclic) bond motifs is 1. The molecule has 2 heterocycles. The lowest BCUT2D eigenvalue weighted by atomic mass is 9.94. The summed E-state index contributed by atoms with van der Waals surface area (Å²) in [5, 5.41) is 51.5. The maximum absolute atomic E-state index is 10.2. The van der Waals surface area contributed by atoms with Gasteiger partial charge in [0.1, 0.15) is 23.4 Å². The van der Waals surface area contributed by atoms with Crippen LogP contribution >= 0.6 is 0 Å². The van der Waals surface area contributed by atoms with Crippen LogP contribution < -0.4 is 10.1 Å². The van der Waals surface area contributed by atoms with Gasteiger partial charge in [0.15, 0.2) is 11.5 Å². The van der Waals surface area contributed by atoms with Crippen molar-refractivity contribution >= 4 is 0 Å². The molecule has 2 atom stereocenters. The average Bonchev–Trinajstić information content (AvgIpc) is 3.17. The van der Waals surface area contributed by atoms with Crippen LogP contribution in [0, 0.1) is 0 Å². The van der Waals surface area contributed by atoms with Crippen LogP contribution in [0.2, 0.25) is 0 Å². The minimum Gasteiger partial charge on any atom is -0.508 e. The normalized spacial score (nSPS) is 21.3.